The van der Waals surface area contributed by atoms with Crippen LogP contribution in [-0.4, -0.2) is 53.2 Å². The van der Waals surface area contributed by atoms with Crippen molar-refractivity contribution in [3.8, 4) is 39.1 Å². The number of aryl methyl sites for hydroxylation is 2. The highest BCUT2D eigenvalue weighted by Gasteiger charge is 2.28. The number of fused-ring (bicyclic) bond motifs is 8. The summed E-state index contributed by atoms with van der Waals surface area (Å²) in [6.45, 7) is 19.8. The summed E-state index contributed by atoms with van der Waals surface area (Å²) in [7, 11) is 0. The lowest BCUT2D eigenvalue weighted by Gasteiger charge is -2.20. The van der Waals surface area contributed by atoms with Crippen molar-refractivity contribution in [3.63, 3.8) is 0 Å². The summed E-state index contributed by atoms with van der Waals surface area (Å²) in [5.74, 6) is 0.366. The lowest BCUT2D eigenvalue weighted by molar-refractivity contribution is -0.134. The molecule has 7 aromatic rings. The Bertz CT molecular complexity index is 3650. The van der Waals surface area contributed by atoms with Gasteiger partial charge >= 0.3 is 5.97 Å². The Morgan fingerprint density at radius 2 is 0.873 bits per heavy atom. The van der Waals surface area contributed by atoms with Crippen molar-refractivity contribution < 1.29 is 23.9 Å². The average Bonchev–Trinajstić information content (AvgIpc) is 4.48. The van der Waals surface area contributed by atoms with Crippen LogP contribution < -0.4 is 20.7 Å². The summed E-state index contributed by atoms with van der Waals surface area (Å²) in [6, 6.07) is 30.7. The number of amides is 3. The molecule has 79 heavy (non-hydrogen) atoms. The second-order valence-electron chi connectivity index (χ2n) is 23.4. The van der Waals surface area contributed by atoms with Crippen molar-refractivity contribution in [1.82, 2.24) is 29.5 Å². The van der Waals surface area contributed by atoms with E-state index in [9.17, 15) is 19.2 Å². The fraction of sp³-hybridized carbons (Fsp3) is 0.308. The molecule has 2 aliphatic heterocycles. The summed E-state index contributed by atoms with van der Waals surface area (Å²) < 4.78 is 8.61. The van der Waals surface area contributed by atoms with E-state index in [1.165, 1.54) is 0 Å². The van der Waals surface area contributed by atoms with Crippen LogP contribution >= 0.6 is 0 Å². The molecule has 0 spiro atoms. The molecule has 0 atom stereocenters. The number of H-pyrrole nitrogens is 2. The van der Waals surface area contributed by atoms with E-state index in [4.69, 9.17) is 14.7 Å². The number of esters is 1. The largest absolute Gasteiger partial charge is 0.422 e. The summed E-state index contributed by atoms with van der Waals surface area (Å²) in [6.07, 6.45) is 16.2. The highest BCUT2D eigenvalue weighted by molar-refractivity contribution is 6.07. The number of nitrogens with one attached hydrogen (secondary N) is 5. The van der Waals surface area contributed by atoms with Crippen LogP contribution in [-0.2, 0) is 25.7 Å². The maximum absolute atomic E-state index is 14.1. The number of aromatic nitrogens is 6. The zero-order chi connectivity index (χ0) is 56.2. The van der Waals surface area contributed by atoms with Crippen LogP contribution in [0.15, 0.2) is 109 Å². The fourth-order valence-corrected chi connectivity index (χ4v) is 9.38. The number of aromatic amines is 2. The van der Waals surface area contributed by atoms with Gasteiger partial charge in [0, 0.05) is 109 Å². The number of hydrogen-bond donors (Lipinski definition) is 5. The summed E-state index contributed by atoms with van der Waals surface area (Å²) in [4.78, 5) is 77.9. The molecule has 4 aromatic heterocycles. The molecular formula is C65H71N9O5. The van der Waals surface area contributed by atoms with E-state index in [1.807, 2.05) is 203 Å². The SMILES string of the molecule is Cc1nccn1CCCCCCCC(=O)Oc1c2nc(c(-c3ccccc3NC(=O)C(C)(C)C)c3ccc([nH]3)c(-c3ccccc3NC(=O)C(C)(C)C)c3nc(c(-c4ccccc4NC(=O)C(C)(C)C)c4ccc1[nH]4)C=C3)C=C2. The van der Waals surface area contributed by atoms with Gasteiger partial charge in [0.2, 0.25) is 17.7 Å². The van der Waals surface area contributed by atoms with Crippen LogP contribution in [0.25, 0.3) is 79.8 Å². The van der Waals surface area contributed by atoms with E-state index >= 15 is 0 Å². The molecule has 0 fully saturated rings. The van der Waals surface area contributed by atoms with Gasteiger partial charge in [-0.3, -0.25) is 19.2 Å². The van der Waals surface area contributed by atoms with Gasteiger partial charge in [-0.15, -0.1) is 0 Å². The van der Waals surface area contributed by atoms with E-state index in [2.05, 4.69) is 35.5 Å². The molecule has 0 saturated carbocycles. The zero-order valence-corrected chi connectivity index (χ0v) is 47.0. The number of unbranched alkanes of at least 4 members (excludes halogenated alkanes) is 4. The number of carbonyl (C=O) groups is 4. The van der Waals surface area contributed by atoms with Gasteiger partial charge in [-0.1, -0.05) is 136 Å². The van der Waals surface area contributed by atoms with Crippen LogP contribution in [0.1, 0.15) is 129 Å². The van der Waals surface area contributed by atoms with Crippen LogP contribution in [0.2, 0.25) is 0 Å². The minimum atomic E-state index is -0.697. The predicted octanol–water partition coefficient (Wildman–Crippen LogP) is 15.1. The number of carbonyl (C=O) groups excluding carboxylic acids is 4. The third kappa shape index (κ3) is 12.5. The lowest BCUT2D eigenvalue weighted by atomic mass is 9.94. The Labute approximate surface area is 462 Å². The standard InChI is InChI=1S/C65H71N9O5/c1-40-66-37-39-74(40)38-21-13-11-12-14-28-55(75)79-59-53-35-33-51(69-53)57(42-23-16-19-26-45(42)72-61(77)64(5,6)7)49-31-29-47(67-49)56(41-22-15-18-25-44(41)71-60(76)63(2,3)4)48-30-32-50(68-48)58(52-34-36-54(59)70-52)43-24-17-20-27-46(43)73-62(78)65(8,9)10/h15-20,22-27,29-37,39,67,70H,11-14,21,28,38H2,1-10H3,(H,71,76)(H,72,77)(H,73,78). The van der Waals surface area contributed by atoms with Crippen molar-refractivity contribution in [3.05, 3.63) is 138 Å². The number of anilines is 3. The van der Waals surface area contributed by atoms with Gasteiger partial charge in [0.05, 0.1) is 22.6 Å². The summed E-state index contributed by atoms with van der Waals surface area (Å²) >= 11 is 0. The van der Waals surface area contributed by atoms with E-state index in [-0.39, 0.29) is 29.9 Å². The quantitative estimate of drug-likeness (QED) is 0.0495. The highest BCUT2D eigenvalue weighted by atomic mass is 16.5. The first-order valence-electron chi connectivity index (χ1n) is 27.2. The maximum atomic E-state index is 14.1. The van der Waals surface area contributed by atoms with E-state index < -0.39 is 22.2 Å². The molecule has 8 bridgehead atoms. The minimum absolute atomic E-state index is 0.156. The van der Waals surface area contributed by atoms with Crippen LogP contribution in [0, 0.1) is 23.2 Å². The number of ether oxygens (including phenoxy) is 1. The predicted molar refractivity (Wildman–Crippen MR) is 320 cm³/mol. The molecule has 14 nitrogen and oxygen atoms in total. The lowest BCUT2D eigenvalue weighted by Crippen LogP contribution is -2.27. The topological polar surface area (TPSA) is 189 Å². The average molecular weight is 1060 g/mol. The third-order valence-electron chi connectivity index (χ3n) is 14.0. The Balaban J connectivity index is 1.29. The Hall–Kier alpha value is -8.65. The number of para-hydroxylation sites is 3. The number of hydrogen-bond acceptors (Lipinski definition) is 8. The molecule has 406 valence electrons. The Morgan fingerprint density at radius 3 is 1.30 bits per heavy atom. The molecular weight excluding hydrogens is 987 g/mol. The molecule has 0 radical (unpaired) electrons. The minimum Gasteiger partial charge on any atom is -0.422 e. The van der Waals surface area contributed by atoms with Crippen LogP contribution in [0.5, 0.6) is 5.75 Å². The van der Waals surface area contributed by atoms with Gasteiger partial charge in [-0.2, -0.15) is 0 Å². The van der Waals surface area contributed by atoms with Gasteiger partial charge < -0.3 is 35.2 Å². The van der Waals surface area contributed by atoms with Crippen molar-refractivity contribution in [1.29, 1.82) is 0 Å². The normalized spacial score (nSPS) is 12.4. The van der Waals surface area contributed by atoms with Crippen molar-refractivity contribution in [2.24, 2.45) is 16.2 Å². The molecule has 9 rings (SSSR count). The first kappa shape index (κ1) is 55.1. The molecule has 2 aliphatic rings. The Kier molecular flexibility index (Phi) is 15.9. The number of nitrogens with zero attached hydrogens (tertiary/aromatic N) is 4. The van der Waals surface area contributed by atoms with E-state index in [0.717, 1.165) is 43.6 Å². The first-order valence-corrected chi connectivity index (χ1v) is 27.2. The van der Waals surface area contributed by atoms with Crippen molar-refractivity contribution in [2.45, 2.75) is 114 Å². The van der Waals surface area contributed by atoms with Crippen molar-refractivity contribution >= 4 is 87.1 Å². The molecule has 14 heteroatoms. The fourth-order valence-electron chi connectivity index (χ4n) is 9.38. The van der Waals surface area contributed by atoms with Crippen molar-refractivity contribution in [2.75, 3.05) is 16.0 Å². The third-order valence-corrected chi connectivity index (χ3v) is 14.0. The molecule has 3 amide bonds. The van der Waals surface area contributed by atoms with Crippen LogP contribution in [0.4, 0.5) is 17.1 Å². The smallest absolute Gasteiger partial charge is 0.311 e. The highest BCUT2D eigenvalue weighted by Crippen LogP contribution is 2.42. The summed E-state index contributed by atoms with van der Waals surface area (Å²) in [5, 5.41) is 9.60. The van der Waals surface area contributed by atoms with Gasteiger partial charge in [0.1, 0.15) is 11.5 Å². The molecule has 5 N–H and O–H groups in total. The molecule has 0 aliphatic carbocycles. The van der Waals surface area contributed by atoms with Gasteiger partial charge in [-0.25, -0.2) is 15.0 Å². The van der Waals surface area contributed by atoms with Gasteiger partial charge in [-0.05, 0) is 86.5 Å². The molecule has 3 aromatic carbocycles. The second-order valence-corrected chi connectivity index (χ2v) is 23.4. The zero-order valence-electron chi connectivity index (χ0n) is 47.0. The number of rotatable bonds is 15. The Morgan fingerprint density at radius 1 is 0.494 bits per heavy atom. The second kappa shape index (κ2) is 22.7. The molecule has 0 unspecified atom stereocenters. The summed E-state index contributed by atoms with van der Waals surface area (Å²) in [5.41, 5.74) is 8.43. The van der Waals surface area contributed by atoms with E-state index in [1.54, 1.807) is 0 Å². The maximum Gasteiger partial charge on any atom is 0.311 e. The number of imidazole rings is 1. The number of benzene rings is 3. The first-order chi connectivity index (χ1) is 37.6. The molecule has 6 heterocycles. The van der Waals surface area contributed by atoms with Crippen LogP contribution in [0.3, 0.4) is 0 Å². The van der Waals surface area contributed by atoms with Gasteiger partial charge in [0.15, 0.2) is 5.75 Å². The monoisotopic (exact) mass is 1060 g/mol. The van der Waals surface area contributed by atoms with E-state index in [0.29, 0.717) is 96.1 Å². The molecule has 0 saturated heterocycles. The van der Waals surface area contributed by atoms with Gasteiger partial charge in [0.25, 0.3) is 0 Å².